The molecule has 4 nitrogen and oxygen atoms in total. The van der Waals surface area contributed by atoms with Crippen molar-refractivity contribution in [2.24, 2.45) is 0 Å². The Kier molecular flexibility index (Phi) is 9.11. The van der Waals surface area contributed by atoms with Gasteiger partial charge in [-0.2, -0.15) is 0 Å². The molecule has 15 heavy (non-hydrogen) atoms. The molecular formula is C11H22N2O2. The highest BCUT2D eigenvalue weighted by atomic mass is 16.5. The van der Waals surface area contributed by atoms with Gasteiger partial charge in [0.25, 0.3) is 0 Å². The number of rotatable bonds is 9. The van der Waals surface area contributed by atoms with E-state index in [1.807, 2.05) is 13.0 Å². The number of carbonyl (C=O) groups is 1. The molecule has 0 saturated heterocycles. The Morgan fingerprint density at radius 3 is 2.87 bits per heavy atom. The third-order valence-electron chi connectivity index (χ3n) is 2.02. The number of ether oxygens (including phenoxy) is 1. The van der Waals surface area contributed by atoms with Crippen molar-refractivity contribution < 1.29 is 9.53 Å². The van der Waals surface area contributed by atoms with Crippen LogP contribution in [0.25, 0.3) is 0 Å². The number of methoxy groups -OCH3 is 1. The minimum Gasteiger partial charge on any atom is -0.385 e. The normalized spacial score (nSPS) is 12.1. The summed E-state index contributed by atoms with van der Waals surface area (Å²) in [5, 5.41) is 5.95. The Labute approximate surface area is 92.1 Å². The average molecular weight is 214 g/mol. The molecule has 0 aromatic carbocycles. The zero-order valence-corrected chi connectivity index (χ0v) is 9.71. The molecular weight excluding hydrogens is 192 g/mol. The summed E-state index contributed by atoms with van der Waals surface area (Å²) in [6, 6.07) is -0.146. The largest absolute Gasteiger partial charge is 0.385 e. The Morgan fingerprint density at radius 2 is 2.27 bits per heavy atom. The lowest BCUT2D eigenvalue weighted by Crippen LogP contribution is -2.42. The van der Waals surface area contributed by atoms with E-state index < -0.39 is 0 Å². The summed E-state index contributed by atoms with van der Waals surface area (Å²) in [4.78, 5) is 11.5. The molecule has 0 aliphatic carbocycles. The average Bonchev–Trinajstić information content (AvgIpc) is 2.24. The number of carbonyl (C=O) groups excluding carboxylic acids is 1. The van der Waals surface area contributed by atoms with E-state index in [4.69, 9.17) is 4.74 Å². The van der Waals surface area contributed by atoms with Gasteiger partial charge in [-0.1, -0.05) is 6.08 Å². The lowest BCUT2D eigenvalue weighted by Gasteiger charge is -2.13. The molecule has 0 fully saturated rings. The van der Waals surface area contributed by atoms with Crippen molar-refractivity contribution in [1.29, 1.82) is 0 Å². The van der Waals surface area contributed by atoms with Gasteiger partial charge >= 0.3 is 0 Å². The van der Waals surface area contributed by atoms with Crippen LogP contribution in [0.1, 0.15) is 19.8 Å². The number of hydrogen-bond donors (Lipinski definition) is 2. The molecule has 0 aliphatic heterocycles. The predicted molar refractivity (Wildman–Crippen MR) is 61.8 cm³/mol. The molecule has 0 aliphatic rings. The van der Waals surface area contributed by atoms with E-state index in [-0.39, 0.29) is 11.9 Å². The van der Waals surface area contributed by atoms with Gasteiger partial charge in [0.15, 0.2) is 0 Å². The van der Waals surface area contributed by atoms with Gasteiger partial charge in [0.1, 0.15) is 0 Å². The van der Waals surface area contributed by atoms with Gasteiger partial charge in [-0.3, -0.25) is 4.79 Å². The Bertz CT molecular complexity index is 183. The Balaban J connectivity index is 3.46. The van der Waals surface area contributed by atoms with E-state index in [2.05, 4.69) is 17.2 Å². The molecule has 0 heterocycles. The van der Waals surface area contributed by atoms with Crippen molar-refractivity contribution in [3.05, 3.63) is 12.7 Å². The van der Waals surface area contributed by atoms with Gasteiger partial charge in [-0.25, -0.2) is 0 Å². The first-order chi connectivity index (χ1) is 7.22. The number of amides is 1. The zero-order valence-electron chi connectivity index (χ0n) is 9.71. The Hall–Kier alpha value is -0.870. The van der Waals surface area contributed by atoms with Crippen molar-refractivity contribution in [3.8, 4) is 0 Å². The minimum atomic E-state index is -0.146. The predicted octanol–water partition coefficient (Wildman–Crippen LogP) is 0.693. The lowest BCUT2D eigenvalue weighted by molar-refractivity contribution is -0.122. The molecule has 1 atom stereocenters. The molecule has 0 rings (SSSR count). The molecule has 1 amide bonds. The molecule has 0 bridgehead atoms. The molecule has 88 valence electrons. The number of hydrogen-bond acceptors (Lipinski definition) is 3. The first-order valence-electron chi connectivity index (χ1n) is 5.33. The fraction of sp³-hybridized carbons (Fsp3) is 0.727. The van der Waals surface area contributed by atoms with Crippen LogP contribution in [0, 0.1) is 0 Å². The van der Waals surface area contributed by atoms with Crippen LogP contribution in [0.2, 0.25) is 0 Å². The monoisotopic (exact) mass is 214 g/mol. The summed E-state index contributed by atoms with van der Waals surface area (Å²) in [6.45, 7) is 7.61. The van der Waals surface area contributed by atoms with Gasteiger partial charge < -0.3 is 15.4 Å². The highest BCUT2D eigenvalue weighted by Gasteiger charge is 2.09. The first-order valence-corrected chi connectivity index (χ1v) is 5.33. The van der Waals surface area contributed by atoms with Crippen LogP contribution >= 0.6 is 0 Å². The summed E-state index contributed by atoms with van der Waals surface area (Å²) in [7, 11) is 1.65. The topological polar surface area (TPSA) is 50.4 Å². The van der Waals surface area contributed by atoms with Crippen molar-refractivity contribution in [2.45, 2.75) is 25.8 Å². The van der Waals surface area contributed by atoms with E-state index in [1.165, 1.54) is 0 Å². The maximum atomic E-state index is 11.5. The van der Waals surface area contributed by atoms with Crippen LogP contribution in [0.5, 0.6) is 0 Å². The lowest BCUT2D eigenvalue weighted by atomic mass is 10.3. The first kappa shape index (κ1) is 14.1. The molecule has 2 N–H and O–H groups in total. The van der Waals surface area contributed by atoms with Crippen LogP contribution < -0.4 is 10.6 Å². The highest BCUT2D eigenvalue weighted by Crippen LogP contribution is 1.85. The second-order valence-corrected chi connectivity index (χ2v) is 3.39. The SMILES string of the molecule is C=CCCNC(C)C(=O)NCCCOC. The van der Waals surface area contributed by atoms with Crippen molar-refractivity contribution >= 4 is 5.91 Å². The van der Waals surface area contributed by atoms with Crippen LogP contribution in [0.3, 0.4) is 0 Å². The second kappa shape index (κ2) is 9.68. The summed E-state index contributed by atoms with van der Waals surface area (Å²) in [5.74, 6) is 0.0372. The molecule has 0 saturated carbocycles. The minimum absolute atomic E-state index is 0.0372. The van der Waals surface area contributed by atoms with Gasteiger partial charge in [0, 0.05) is 20.3 Å². The van der Waals surface area contributed by atoms with Crippen molar-refractivity contribution in [3.63, 3.8) is 0 Å². The van der Waals surface area contributed by atoms with E-state index in [9.17, 15) is 4.79 Å². The van der Waals surface area contributed by atoms with Crippen molar-refractivity contribution in [1.82, 2.24) is 10.6 Å². The van der Waals surface area contributed by atoms with Gasteiger partial charge in [0.2, 0.25) is 5.91 Å². The quantitative estimate of drug-likeness (QED) is 0.438. The maximum Gasteiger partial charge on any atom is 0.236 e. The van der Waals surface area contributed by atoms with Crippen LogP contribution in [-0.4, -0.2) is 38.8 Å². The van der Waals surface area contributed by atoms with Gasteiger partial charge in [-0.05, 0) is 26.3 Å². The third kappa shape index (κ3) is 8.15. The summed E-state index contributed by atoms with van der Waals surface area (Å²) in [5.41, 5.74) is 0. The van der Waals surface area contributed by atoms with E-state index in [0.29, 0.717) is 13.2 Å². The van der Waals surface area contributed by atoms with Gasteiger partial charge in [-0.15, -0.1) is 6.58 Å². The molecule has 1 unspecified atom stereocenters. The highest BCUT2D eigenvalue weighted by molar-refractivity contribution is 5.81. The van der Waals surface area contributed by atoms with E-state index >= 15 is 0 Å². The summed E-state index contributed by atoms with van der Waals surface area (Å²) in [6.07, 6.45) is 3.55. The van der Waals surface area contributed by atoms with Crippen LogP contribution in [0.15, 0.2) is 12.7 Å². The summed E-state index contributed by atoms with van der Waals surface area (Å²) < 4.78 is 4.89. The smallest absolute Gasteiger partial charge is 0.236 e. The third-order valence-corrected chi connectivity index (χ3v) is 2.02. The van der Waals surface area contributed by atoms with E-state index in [1.54, 1.807) is 7.11 Å². The van der Waals surface area contributed by atoms with Crippen LogP contribution in [0.4, 0.5) is 0 Å². The molecule has 4 heteroatoms. The van der Waals surface area contributed by atoms with Gasteiger partial charge in [0.05, 0.1) is 6.04 Å². The van der Waals surface area contributed by atoms with Crippen molar-refractivity contribution in [2.75, 3.05) is 26.8 Å². The fourth-order valence-electron chi connectivity index (χ4n) is 1.08. The van der Waals surface area contributed by atoms with Crippen LogP contribution in [-0.2, 0) is 9.53 Å². The van der Waals surface area contributed by atoms with E-state index in [0.717, 1.165) is 19.4 Å². The standard InChI is InChI=1S/C11H22N2O2/c1-4-5-7-12-10(2)11(14)13-8-6-9-15-3/h4,10,12H,1,5-9H2,2-3H3,(H,13,14). The number of nitrogens with one attached hydrogen (secondary N) is 2. The molecule has 0 radical (unpaired) electrons. The molecule has 0 spiro atoms. The zero-order chi connectivity index (χ0) is 11.5. The second-order valence-electron chi connectivity index (χ2n) is 3.39. The molecule has 0 aromatic rings. The molecule has 0 aromatic heterocycles. The maximum absolute atomic E-state index is 11.5. The fourth-order valence-corrected chi connectivity index (χ4v) is 1.08. The Morgan fingerprint density at radius 1 is 1.53 bits per heavy atom. The summed E-state index contributed by atoms with van der Waals surface area (Å²) >= 11 is 0.